The highest BCUT2D eigenvalue weighted by molar-refractivity contribution is 7.46. The average Bonchev–Trinajstić information content (AvgIpc) is 1.59. The summed E-state index contributed by atoms with van der Waals surface area (Å²) in [6, 6.07) is 0. The summed E-state index contributed by atoms with van der Waals surface area (Å²) in [5, 5.41) is 0. The molecule has 0 aromatic heterocycles. The second-order valence-electron chi connectivity index (χ2n) is 1.11. The van der Waals surface area contributed by atoms with Crippen molar-refractivity contribution >= 4 is 15.6 Å². The Morgan fingerprint density at radius 3 is 1.09 bits per heavy atom. The van der Waals surface area contributed by atoms with E-state index in [9.17, 15) is 4.57 Å². The van der Waals surface area contributed by atoms with Gasteiger partial charge in [0, 0.05) is 0 Å². The molecule has 0 radical (unpaired) electrons. The summed E-state index contributed by atoms with van der Waals surface area (Å²) in [5.41, 5.74) is 0. The van der Waals surface area contributed by atoms with E-state index in [4.69, 9.17) is 29.0 Å². The van der Waals surface area contributed by atoms with Crippen molar-refractivity contribution < 1.29 is 38.2 Å². The molecule has 0 unspecified atom stereocenters. The number of rotatable bonds is 1. The van der Waals surface area contributed by atoms with Gasteiger partial charge in [-0.1, -0.05) is 0 Å². The molecule has 0 aliphatic heterocycles. The first-order valence-corrected chi connectivity index (χ1v) is 4.88. The Morgan fingerprint density at radius 1 is 1.00 bits per heavy atom. The van der Waals surface area contributed by atoms with Crippen LogP contribution < -0.4 is 5.90 Å². The first-order valence-electron chi connectivity index (χ1n) is 1.78. The molecule has 0 rings (SSSR count). The van der Waals surface area contributed by atoms with Crippen LogP contribution in [0.2, 0.25) is 0 Å². The summed E-state index contributed by atoms with van der Waals surface area (Å²) in [6.07, 6.45) is 0. The van der Waals surface area contributed by atoms with Gasteiger partial charge in [-0.2, -0.15) is 0 Å². The van der Waals surface area contributed by atoms with Crippen molar-refractivity contribution in [2.45, 2.75) is 0 Å². The highest BCUT2D eigenvalue weighted by atomic mass is 31.2. The van der Waals surface area contributed by atoms with Gasteiger partial charge in [0.25, 0.3) is 0 Å². The van der Waals surface area contributed by atoms with E-state index in [-0.39, 0.29) is 0 Å². The molecular formula is H7NO8P2. The van der Waals surface area contributed by atoms with Crippen LogP contribution in [-0.2, 0) is 13.8 Å². The van der Waals surface area contributed by atoms with Gasteiger partial charge in [-0.3, -0.25) is 0 Å². The minimum absolute atomic E-state index is 3.10. The Kier molecular flexibility index (Phi) is 6.17. The fourth-order valence-electron chi connectivity index (χ4n) is 0. The Bertz CT molecular complexity index is 164. The zero-order valence-electron chi connectivity index (χ0n) is 4.93. The Balaban J connectivity index is 0. The lowest BCUT2D eigenvalue weighted by Gasteiger charge is -1.92. The van der Waals surface area contributed by atoms with E-state index in [2.05, 4.69) is 10.5 Å². The third-order valence-corrected chi connectivity index (χ3v) is 0.412. The highest BCUT2D eigenvalue weighted by Crippen LogP contribution is 2.32. The summed E-state index contributed by atoms with van der Waals surface area (Å²) in [5.74, 6) is 4.04. The van der Waals surface area contributed by atoms with Crippen LogP contribution in [0.1, 0.15) is 0 Å². The van der Waals surface area contributed by atoms with Crippen molar-refractivity contribution in [3.05, 3.63) is 0 Å². The summed E-state index contributed by atoms with van der Waals surface area (Å²) in [4.78, 5) is 36.7. The van der Waals surface area contributed by atoms with E-state index in [1.165, 1.54) is 0 Å². The Labute approximate surface area is 60.9 Å². The molecule has 0 aliphatic carbocycles. The monoisotopic (exact) mass is 211 g/mol. The van der Waals surface area contributed by atoms with Crippen LogP contribution in [0.5, 0.6) is 0 Å². The molecule has 7 N–H and O–H groups in total. The van der Waals surface area contributed by atoms with E-state index in [0.717, 1.165) is 0 Å². The van der Waals surface area contributed by atoms with Gasteiger partial charge in [-0.15, -0.1) is 0 Å². The minimum Gasteiger partial charge on any atom is -0.303 e. The number of hydrogen-bond donors (Lipinski definition) is 6. The molecule has 0 atom stereocenters. The molecule has 0 aromatic carbocycles. The number of nitrogens with two attached hydrogens (primary N) is 1. The number of hydrogen-bond acceptors (Lipinski definition) is 4. The third-order valence-electron chi connectivity index (χ3n) is 0.137. The van der Waals surface area contributed by atoms with Crippen LogP contribution in [0.25, 0.3) is 0 Å². The normalized spacial score (nSPS) is 11.8. The van der Waals surface area contributed by atoms with Crippen molar-refractivity contribution in [1.29, 1.82) is 0 Å². The fourth-order valence-corrected chi connectivity index (χ4v) is 0. The molecule has 0 bridgehead atoms. The lowest BCUT2D eigenvalue weighted by molar-refractivity contribution is 0.201. The van der Waals surface area contributed by atoms with Gasteiger partial charge >= 0.3 is 15.6 Å². The molecule has 0 saturated carbocycles. The van der Waals surface area contributed by atoms with Crippen molar-refractivity contribution in [1.82, 2.24) is 0 Å². The molecule has 11 heavy (non-hydrogen) atoms. The standard InChI is InChI=1S/H4NO4P.H3O4P/c1-5-6(2,3)4;1-5(2,3)4/h1H2,(H2,2,3,4);(H3,1,2,3,4). The van der Waals surface area contributed by atoms with Gasteiger partial charge in [0.05, 0.1) is 0 Å². The molecule has 11 heteroatoms. The van der Waals surface area contributed by atoms with Crippen molar-refractivity contribution in [2.75, 3.05) is 0 Å². The van der Waals surface area contributed by atoms with Crippen LogP contribution in [0.15, 0.2) is 0 Å². The van der Waals surface area contributed by atoms with Gasteiger partial charge in [0.15, 0.2) is 0 Å². The highest BCUT2D eigenvalue weighted by Gasteiger charge is 2.08. The van der Waals surface area contributed by atoms with E-state index in [1.807, 2.05) is 0 Å². The van der Waals surface area contributed by atoms with E-state index in [1.54, 1.807) is 0 Å². The average molecular weight is 211 g/mol. The lowest BCUT2D eigenvalue weighted by Crippen LogP contribution is -1.93. The van der Waals surface area contributed by atoms with Crippen LogP contribution in [0.4, 0.5) is 0 Å². The van der Waals surface area contributed by atoms with Gasteiger partial charge in [-0.05, 0) is 0 Å². The first-order chi connectivity index (χ1) is 4.56. The van der Waals surface area contributed by atoms with Crippen LogP contribution >= 0.6 is 15.6 Å². The van der Waals surface area contributed by atoms with Crippen molar-refractivity contribution in [3.8, 4) is 0 Å². The molecule has 70 valence electrons. The van der Waals surface area contributed by atoms with Crippen LogP contribution in [0, 0.1) is 0 Å². The maximum atomic E-state index is 9.35. The molecule has 0 spiro atoms. The second kappa shape index (κ2) is 4.94. The SMILES string of the molecule is NOP(=O)(O)O.O=P(O)(O)O. The summed E-state index contributed by atoms with van der Waals surface area (Å²) >= 11 is 0. The lowest BCUT2D eigenvalue weighted by atomic mass is 13.6. The zero-order chi connectivity index (χ0) is 9.71. The smallest absolute Gasteiger partial charge is 0.303 e. The van der Waals surface area contributed by atoms with Gasteiger partial charge in [-0.25, -0.2) is 19.7 Å². The molecule has 0 saturated heterocycles. The molecule has 9 nitrogen and oxygen atoms in total. The second-order valence-corrected chi connectivity index (χ2v) is 3.33. The van der Waals surface area contributed by atoms with E-state index < -0.39 is 15.6 Å². The fraction of sp³-hybridized carbons (Fsp3) is 0. The molecule has 0 heterocycles. The predicted octanol–water partition coefficient (Wildman–Crippen LogP) is -1.96. The molecule has 0 aromatic rings. The quantitative estimate of drug-likeness (QED) is 0.212. The topological polar surface area (TPSA) is 171 Å². The summed E-state index contributed by atoms with van der Waals surface area (Å²) < 4.78 is 21.3. The summed E-state index contributed by atoms with van der Waals surface area (Å²) in [6.45, 7) is 0. The van der Waals surface area contributed by atoms with Crippen LogP contribution in [0.3, 0.4) is 0 Å². The first kappa shape index (κ1) is 13.7. The molecule has 0 fully saturated rings. The van der Waals surface area contributed by atoms with E-state index >= 15 is 0 Å². The maximum absolute atomic E-state index is 9.35. The van der Waals surface area contributed by atoms with Gasteiger partial charge in [0.1, 0.15) is 0 Å². The minimum atomic E-state index is -4.64. The Hall–Kier alpha value is 0.180. The Morgan fingerprint density at radius 2 is 1.09 bits per heavy atom. The molecule has 0 aliphatic rings. The van der Waals surface area contributed by atoms with E-state index in [0.29, 0.717) is 0 Å². The van der Waals surface area contributed by atoms with Gasteiger partial charge < -0.3 is 24.5 Å². The maximum Gasteiger partial charge on any atom is 0.485 e. The predicted molar refractivity (Wildman–Crippen MR) is 31.6 cm³/mol. The third kappa shape index (κ3) is 67.4. The molecule has 0 amide bonds. The summed E-state index contributed by atoms with van der Waals surface area (Å²) in [7, 11) is -9.01. The molecular weight excluding hydrogens is 204 g/mol. The van der Waals surface area contributed by atoms with Crippen LogP contribution in [-0.4, -0.2) is 24.5 Å². The largest absolute Gasteiger partial charge is 0.485 e. The zero-order valence-corrected chi connectivity index (χ0v) is 6.72. The van der Waals surface area contributed by atoms with Crippen molar-refractivity contribution in [2.24, 2.45) is 5.90 Å². The van der Waals surface area contributed by atoms with Gasteiger partial charge in [0.2, 0.25) is 0 Å². The number of phosphoric acid groups is 2. The van der Waals surface area contributed by atoms with Crippen molar-refractivity contribution in [3.63, 3.8) is 0 Å².